The highest BCUT2D eigenvalue weighted by Gasteiger charge is 2.24. The van der Waals surface area contributed by atoms with Crippen molar-refractivity contribution in [1.29, 1.82) is 0 Å². The fourth-order valence-electron chi connectivity index (χ4n) is 2.87. The summed E-state index contributed by atoms with van der Waals surface area (Å²) in [5.41, 5.74) is 1.04. The number of benzene rings is 1. The highest BCUT2D eigenvalue weighted by atomic mass is 35.5. The molecule has 23 heavy (non-hydrogen) atoms. The number of hydrogen-bond acceptors (Lipinski definition) is 3. The van der Waals surface area contributed by atoms with Crippen molar-refractivity contribution in [2.45, 2.75) is 24.9 Å². The average molecular weight is 362 g/mol. The number of halogens is 3. The van der Waals surface area contributed by atoms with E-state index in [0.717, 1.165) is 38.2 Å². The summed E-state index contributed by atoms with van der Waals surface area (Å²) in [6, 6.07) is 6.64. The van der Waals surface area contributed by atoms with Crippen LogP contribution in [0.15, 0.2) is 36.4 Å². The second-order valence-corrected chi connectivity index (χ2v) is 5.56. The molecule has 3 rings (SSSR count). The van der Waals surface area contributed by atoms with Gasteiger partial charge in [-0.3, -0.25) is 10.1 Å². The first kappa shape index (κ1) is 19.7. The molecule has 1 atom stereocenters. The van der Waals surface area contributed by atoms with Gasteiger partial charge in [0.05, 0.1) is 0 Å². The third-order valence-corrected chi connectivity index (χ3v) is 4.10. The van der Waals surface area contributed by atoms with Crippen molar-refractivity contribution in [1.82, 2.24) is 10.6 Å². The fraction of sp³-hybridized carbons (Fsp3) is 0.438. The van der Waals surface area contributed by atoms with E-state index < -0.39 is 0 Å². The van der Waals surface area contributed by atoms with E-state index in [2.05, 4.69) is 15.5 Å². The zero-order chi connectivity index (χ0) is 14.7. The second kappa shape index (κ2) is 9.11. The van der Waals surface area contributed by atoms with Crippen LogP contribution in [-0.4, -0.2) is 37.6 Å². The summed E-state index contributed by atoms with van der Waals surface area (Å²) in [5.74, 6) is -0.151. The Bertz CT molecular complexity index is 531. The lowest BCUT2D eigenvalue weighted by atomic mass is 10.0. The number of hydrogen-bond donors (Lipinski definition) is 2. The van der Waals surface area contributed by atoms with Crippen molar-refractivity contribution in [3.8, 4) is 0 Å². The largest absolute Gasteiger partial charge is 0.371 e. The smallest absolute Gasteiger partial charge is 0.241 e. The van der Waals surface area contributed by atoms with Crippen LogP contribution in [0.1, 0.15) is 12.8 Å². The maximum Gasteiger partial charge on any atom is 0.241 e. The van der Waals surface area contributed by atoms with E-state index in [1.54, 1.807) is 0 Å². The molecular formula is C16H22Cl2FN3O. The fourth-order valence-corrected chi connectivity index (χ4v) is 2.87. The molecule has 0 aromatic heterocycles. The van der Waals surface area contributed by atoms with Gasteiger partial charge in [-0.1, -0.05) is 12.2 Å². The molecule has 7 heteroatoms. The number of carbonyl (C=O) groups is 1. The summed E-state index contributed by atoms with van der Waals surface area (Å²) in [6.07, 6.45) is 5.71. The van der Waals surface area contributed by atoms with Gasteiger partial charge in [-0.25, -0.2) is 4.39 Å². The number of piperidine rings is 1. The molecule has 0 spiro atoms. The van der Waals surface area contributed by atoms with Gasteiger partial charge in [0, 0.05) is 31.4 Å². The molecule has 0 aliphatic carbocycles. The molecule has 1 saturated heterocycles. The summed E-state index contributed by atoms with van der Waals surface area (Å²) >= 11 is 0. The lowest BCUT2D eigenvalue weighted by Crippen LogP contribution is -2.49. The third kappa shape index (κ3) is 5.09. The number of rotatable bonds is 3. The number of anilines is 1. The molecule has 1 aromatic rings. The minimum Gasteiger partial charge on any atom is -0.371 e. The molecule has 2 heterocycles. The van der Waals surface area contributed by atoms with Crippen molar-refractivity contribution in [3.05, 3.63) is 42.2 Å². The van der Waals surface area contributed by atoms with E-state index in [1.807, 2.05) is 24.3 Å². The Morgan fingerprint density at radius 2 is 1.83 bits per heavy atom. The van der Waals surface area contributed by atoms with Crippen LogP contribution < -0.4 is 15.5 Å². The lowest BCUT2D eigenvalue weighted by molar-refractivity contribution is -0.122. The van der Waals surface area contributed by atoms with Crippen LogP contribution in [-0.2, 0) is 4.79 Å². The minimum atomic E-state index is -0.210. The number of nitrogens with one attached hydrogen (secondary N) is 2. The van der Waals surface area contributed by atoms with Crippen molar-refractivity contribution < 1.29 is 9.18 Å². The first-order chi connectivity index (χ1) is 10.2. The second-order valence-electron chi connectivity index (χ2n) is 5.56. The molecule has 0 bridgehead atoms. The average Bonchev–Trinajstić information content (AvgIpc) is 3.03. The van der Waals surface area contributed by atoms with E-state index in [4.69, 9.17) is 0 Å². The molecular weight excluding hydrogens is 340 g/mol. The van der Waals surface area contributed by atoms with Crippen molar-refractivity contribution in [2.75, 3.05) is 24.5 Å². The van der Waals surface area contributed by atoms with E-state index in [9.17, 15) is 9.18 Å². The Morgan fingerprint density at radius 1 is 1.17 bits per heavy atom. The Morgan fingerprint density at radius 3 is 2.39 bits per heavy atom. The van der Waals surface area contributed by atoms with Crippen molar-refractivity contribution in [3.63, 3.8) is 0 Å². The molecule has 2 aliphatic heterocycles. The van der Waals surface area contributed by atoms with Crippen LogP contribution in [0.3, 0.4) is 0 Å². The Labute approximate surface area is 148 Å². The third-order valence-electron chi connectivity index (χ3n) is 4.10. The molecule has 1 fully saturated rings. The van der Waals surface area contributed by atoms with E-state index in [-0.39, 0.29) is 48.6 Å². The van der Waals surface area contributed by atoms with Crippen LogP contribution in [0.2, 0.25) is 0 Å². The SMILES string of the molecule is Cl.Cl.O=C(NC1CCN(c2ccc(F)cc2)CC1)C1C=CCN1. The standard InChI is InChI=1S/C16H20FN3O.2ClH/c17-12-3-5-14(6-4-12)20-10-7-13(8-11-20)19-16(21)15-2-1-9-18-15;;/h1-6,13,15,18H,7-11H2,(H,19,21);2*1H. The minimum absolute atomic E-state index is 0. The highest BCUT2D eigenvalue weighted by Crippen LogP contribution is 2.20. The molecule has 2 N–H and O–H groups in total. The van der Waals surface area contributed by atoms with Crippen molar-refractivity contribution in [2.24, 2.45) is 0 Å². The van der Waals surface area contributed by atoms with Gasteiger partial charge in [0.25, 0.3) is 0 Å². The Kier molecular flexibility index (Phi) is 7.82. The molecule has 0 radical (unpaired) electrons. The molecule has 0 saturated carbocycles. The van der Waals surface area contributed by atoms with Gasteiger partial charge in [-0.05, 0) is 37.1 Å². The zero-order valence-electron chi connectivity index (χ0n) is 12.7. The van der Waals surface area contributed by atoms with Crippen LogP contribution in [0.25, 0.3) is 0 Å². The topological polar surface area (TPSA) is 44.4 Å². The van der Waals surface area contributed by atoms with Gasteiger partial charge in [-0.15, -0.1) is 24.8 Å². The molecule has 4 nitrogen and oxygen atoms in total. The van der Waals surface area contributed by atoms with Crippen LogP contribution in [0, 0.1) is 5.82 Å². The predicted octanol–water partition coefficient (Wildman–Crippen LogP) is 2.28. The molecule has 1 aromatic carbocycles. The Balaban J connectivity index is 0.00000132. The van der Waals surface area contributed by atoms with Gasteiger partial charge in [0.15, 0.2) is 0 Å². The zero-order valence-corrected chi connectivity index (χ0v) is 14.3. The molecule has 1 unspecified atom stereocenters. The van der Waals surface area contributed by atoms with Gasteiger partial charge in [-0.2, -0.15) is 0 Å². The van der Waals surface area contributed by atoms with Gasteiger partial charge in [0.1, 0.15) is 11.9 Å². The summed E-state index contributed by atoms with van der Waals surface area (Å²) in [4.78, 5) is 14.3. The summed E-state index contributed by atoms with van der Waals surface area (Å²) in [7, 11) is 0. The number of carbonyl (C=O) groups excluding carboxylic acids is 1. The predicted molar refractivity (Wildman–Crippen MR) is 95.2 cm³/mol. The van der Waals surface area contributed by atoms with Crippen LogP contribution in [0.4, 0.5) is 10.1 Å². The first-order valence-electron chi connectivity index (χ1n) is 7.43. The number of nitrogens with zero attached hydrogens (tertiary/aromatic N) is 1. The van der Waals surface area contributed by atoms with Crippen LogP contribution >= 0.6 is 24.8 Å². The lowest BCUT2D eigenvalue weighted by Gasteiger charge is -2.34. The van der Waals surface area contributed by atoms with Gasteiger partial charge >= 0.3 is 0 Å². The normalized spacial score (nSPS) is 20.6. The van der Waals surface area contributed by atoms with Crippen molar-refractivity contribution >= 4 is 36.4 Å². The molecule has 128 valence electrons. The summed E-state index contributed by atoms with van der Waals surface area (Å²) in [6.45, 7) is 2.52. The van der Waals surface area contributed by atoms with E-state index >= 15 is 0 Å². The highest BCUT2D eigenvalue weighted by molar-refractivity contribution is 5.85. The Hall–Kier alpha value is -1.30. The van der Waals surface area contributed by atoms with E-state index in [1.165, 1.54) is 12.1 Å². The maximum atomic E-state index is 12.9. The van der Waals surface area contributed by atoms with Gasteiger partial charge in [0.2, 0.25) is 5.91 Å². The van der Waals surface area contributed by atoms with Gasteiger partial charge < -0.3 is 10.2 Å². The first-order valence-corrected chi connectivity index (χ1v) is 7.43. The maximum absolute atomic E-state index is 12.9. The monoisotopic (exact) mass is 361 g/mol. The molecule has 2 aliphatic rings. The van der Waals surface area contributed by atoms with E-state index in [0.29, 0.717) is 0 Å². The van der Waals surface area contributed by atoms with Crippen LogP contribution in [0.5, 0.6) is 0 Å². The molecule has 1 amide bonds. The number of amides is 1. The quantitative estimate of drug-likeness (QED) is 0.811. The summed E-state index contributed by atoms with van der Waals surface area (Å²) in [5, 5.41) is 6.22. The summed E-state index contributed by atoms with van der Waals surface area (Å²) < 4.78 is 12.9.